The normalized spacial score (nSPS) is 21.3. The van der Waals surface area contributed by atoms with Gasteiger partial charge in [-0.05, 0) is 50.8 Å². The molecular weight excluding hydrogens is 314 g/mol. The van der Waals surface area contributed by atoms with Crippen molar-refractivity contribution in [2.45, 2.75) is 57.9 Å². The molecule has 1 fully saturated rings. The van der Waals surface area contributed by atoms with Crippen molar-refractivity contribution in [1.82, 2.24) is 5.32 Å². The number of carbonyl (C=O) groups excluding carboxylic acids is 2. The number of hydrogen-bond acceptors (Lipinski definition) is 4. The van der Waals surface area contributed by atoms with E-state index in [4.69, 9.17) is 4.74 Å². The molecule has 0 aromatic heterocycles. The summed E-state index contributed by atoms with van der Waals surface area (Å²) in [6.07, 6.45) is 8.87. The highest BCUT2D eigenvalue weighted by Crippen LogP contribution is 2.35. The van der Waals surface area contributed by atoms with Gasteiger partial charge in [0.15, 0.2) is 12.1 Å². The first-order valence-electron chi connectivity index (χ1n) is 9.14. The van der Waals surface area contributed by atoms with Crippen molar-refractivity contribution >= 4 is 17.8 Å². The molecular formula is C21H27NO3. The zero-order valence-electron chi connectivity index (χ0n) is 15.4. The fraction of sp³-hybridized carbons (Fsp3) is 0.524. The third-order valence-electron chi connectivity index (χ3n) is 5.27. The van der Waals surface area contributed by atoms with Crippen LogP contribution in [0.25, 0.3) is 5.70 Å². The van der Waals surface area contributed by atoms with Gasteiger partial charge in [0.05, 0.1) is 12.7 Å². The van der Waals surface area contributed by atoms with Gasteiger partial charge in [-0.2, -0.15) is 0 Å². The van der Waals surface area contributed by atoms with E-state index in [0.717, 1.165) is 55.2 Å². The fourth-order valence-electron chi connectivity index (χ4n) is 4.02. The number of aldehydes is 1. The van der Waals surface area contributed by atoms with E-state index in [1.807, 2.05) is 12.1 Å². The van der Waals surface area contributed by atoms with Crippen molar-refractivity contribution < 1.29 is 14.3 Å². The van der Waals surface area contributed by atoms with E-state index in [1.165, 1.54) is 6.42 Å². The number of benzene rings is 1. The van der Waals surface area contributed by atoms with E-state index >= 15 is 0 Å². The van der Waals surface area contributed by atoms with Gasteiger partial charge in [0.25, 0.3) is 0 Å². The van der Waals surface area contributed by atoms with Gasteiger partial charge < -0.3 is 10.1 Å². The van der Waals surface area contributed by atoms with Crippen LogP contribution in [-0.2, 0) is 11.2 Å². The van der Waals surface area contributed by atoms with Crippen LogP contribution < -0.4 is 10.1 Å². The quantitative estimate of drug-likeness (QED) is 0.666. The molecule has 1 aromatic rings. The molecule has 0 unspecified atom stereocenters. The van der Waals surface area contributed by atoms with Gasteiger partial charge in [-0.25, -0.2) is 0 Å². The van der Waals surface area contributed by atoms with Crippen molar-refractivity contribution in [3.8, 4) is 5.75 Å². The van der Waals surface area contributed by atoms with Crippen LogP contribution in [0.4, 0.5) is 0 Å². The van der Waals surface area contributed by atoms with Crippen molar-refractivity contribution in [2.75, 3.05) is 7.11 Å². The highest BCUT2D eigenvalue weighted by atomic mass is 16.5. The summed E-state index contributed by atoms with van der Waals surface area (Å²) in [6.45, 7) is 4.24. The predicted octanol–water partition coefficient (Wildman–Crippen LogP) is 3.92. The van der Waals surface area contributed by atoms with E-state index in [-0.39, 0.29) is 17.2 Å². The third-order valence-corrected chi connectivity index (χ3v) is 5.27. The van der Waals surface area contributed by atoms with Crippen molar-refractivity contribution in [3.05, 3.63) is 34.9 Å². The number of ether oxygens (including phenoxy) is 1. The molecule has 4 nitrogen and oxygen atoms in total. The minimum absolute atomic E-state index is 0.139. The van der Waals surface area contributed by atoms with Crippen molar-refractivity contribution in [3.63, 3.8) is 0 Å². The minimum atomic E-state index is -0.153. The maximum Gasteiger partial charge on any atom is 0.160 e. The Bertz CT molecular complexity index is 712. The van der Waals surface area contributed by atoms with Crippen molar-refractivity contribution in [2.24, 2.45) is 5.92 Å². The van der Waals surface area contributed by atoms with Gasteiger partial charge in [0.2, 0.25) is 0 Å². The molecule has 1 N–H and O–H groups in total. The molecule has 1 saturated carbocycles. The second kappa shape index (κ2) is 7.03. The Kier molecular flexibility index (Phi) is 4.98. The van der Waals surface area contributed by atoms with E-state index in [0.29, 0.717) is 11.3 Å². The number of methoxy groups -OCH3 is 1. The number of fused-ring (bicyclic) bond motifs is 1. The van der Waals surface area contributed by atoms with Crippen LogP contribution >= 0.6 is 0 Å². The molecule has 1 heterocycles. The summed E-state index contributed by atoms with van der Waals surface area (Å²) in [7, 11) is 1.57. The Morgan fingerprint density at radius 1 is 1.24 bits per heavy atom. The predicted molar refractivity (Wildman–Crippen MR) is 98.9 cm³/mol. The Morgan fingerprint density at radius 2 is 1.96 bits per heavy atom. The van der Waals surface area contributed by atoms with Crippen LogP contribution in [0.1, 0.15) is 67.4 Å². The molecule has 0 spiro atoms. The Hall–Kier alpha value is -2.10. The Labute approximate surface area is 149 Å². The Morgan fingerprint density at radius 3 is 2.60 bits per heavy atom. The first-order valence-corrected chi connectivity index (χ1v) is 9.14. The van der Waals surface area contributed by atoms with E-state index in [2.05, 4.69) is 19.2 Å². The fourth-order valence-corrected chi connectivity index (χ4v) is 4.02. The van der Waals surface area contributed by atoms with Crippen LogP contribution in [0.15, 0.2) is 18.2 Å². The smallest absolute Gasteiger partial charge is 0.160 e. The summed E-state index contributed by atoms with van der Waals surface area (Å²) in [5, 5.41) is 3.49. The second-order valence-electron chi connectivity index (χ2n) is 7.85. The minimum Gasteiger partial charge on any atom is -0.496 e. The number of allylic oxidation sites excluding steroid dienone is 1. The molecule has 1 aliphatic carbocycles. The standard InChI is InChI=1S/C21H27NO3/c1-21(2)12-15-10-20(25-3)16(13-23)9-17(15)18(22-21)11-19(24)14-7-5-4-6-8-14/h9-11,13-14,22H,4-8,12H2,1-3H3. The summed E-state index contributed by atoms with van der Waals surface area (Å²) in [4.78, 5) is 24.1. The first-order chi connectivity index (χ1) is 11.9. The molecule has 0 radical (unpaired) electrons. The summed E-state index contributed by atoms with van der Waals surface area (Å²) >= 11 is 0. The second-order valence-corrected chi connectivity index (χ2v) is 7.85. The zero-order chi connectivity index (χ0) is 18.0. The Balaban J connectivity index is 2.01. The maximum absolute atomic E-state index is 12.8. The lowest BCUT2D eigenvalue weighted by Gasteiger charge is -2.36. The van der Waals surface area contributed by atoms with Crippen LogP contribution in [0, 0.1) is 5.92 Å². The van der Waals surface area contributed by atoms with Crippen LogP contribution in [0.3, 0.4) is 0 Å². The third kappa shape index (κ3) is 3.78. The van der Waals surface area contributed by atoms with Crippen LogP contribution in [0.2, 0.25) is 0 Å². The summed E-state index contributed by atoms with van der Waals surface area (Å²) < 4.78 is 5.34. The summed E-state index contributed by atoms with van der Waals surface area (Å²) in [5.41, 5.74) is 3.23. The maximum atomic E-state index is 12.8. The average Bonchev–Trinajstić information content (AvgIpc) is 2.60. The lowest BCUT2D eigenvalue weighted by Crippen LogP contribution is -2.44. The van der Waals surface area contributed by atoms with E-state index in [1.54, 1.807) is 13.2 Å². The SMILES string of the molecule is COc1cc2c(cc1C=O)C(=CC(=O)C1CCCCC1)NC(C)(C)C2. The topological polar surface area (TPSA) is 55.4 Å². The molecule has 2 aliphatic rings. The van der Waals surface area contributed by atoms with Gasteiger partial charge in [0.1, 0.15) is 5.75 Å². The number of ketones is 1. The van der Waals surface area contributed by atoms with E-state index in [9.17, 15) is 9.59 Å². The monoisotopic (exact) mass is 341 g/mol. The van der Waals surface area contributed by atoms with Crippen molar-refractivity contribution in [1.29, 1.82) is 0 Å². The highest BCUT2D eigenvalue weighted by molar-refractivity contribution is 5.99. The number of hydrogen-bond donors (Lipinski definition) is 1. The molecule has 4 heteroatoms. The number of rotatable bonds is 4. The average molecular weight is 341 g/mol. The highest BCUT2D eigenvalue weighted by Gasteiger charge is 2.30. The molecule has 134 valence electrons. The van der Waals surface area contributed by atoms with Gasteiger partial charge >= 0.3 is 0 Å². The van der Waals surface area contributed by atoms with Gasteiger partial charge in [-0.15, -0.1) is 0 Å². The molecule has 1 aromatic carbocycles. The van der Waals surface area contributed by atoms with Gasteiger partial charge in [-0.1, -0.05) is 19.3 Å². The summed E-state index contributed by atoms with van der Waals surface area (Å²) in [6, 6.07) is 3.77. The molecule has 25 heavy (non-hydrogen) atoms. The van der Waals surface area contributed by atoms with Crippen LogP contribution in [-0.4, -0.2) is 24.7 Å². The molecule has 1 aliphatic heterocycles. The molecule has 3 rings (SSSR count). The lowest BCUT2D eigenvalue weighted by molar-refractivity contribution is -0.119. The molecule has 0 bridgehead atoms. The van der Waals surface area contributed by atoms with E-state index < -0.39 is 0 Å². The molecule has 0 atom stereocenters. The summed E-state index contributed by atoms with van der Waals surface area (Å²) in [5.74, 6) is 0.930. The molecule has 0 amide bonds. The number of nitrogens with one attached hydrogen (secondary N) is 1. The first kappa shape index (κ1) is 17.7. The lowest BCUT2D eigenvalue weighted by atomic mass is 9.82. The largest absolute Gasteiger partial charge is 0.496 e. The van der Waals surface area contributed by atoms with Gasteiger partial charge in [0, 0.05) is 28.8 Å². The van der Waals surface area contributed by atoms with Gasteiger partial charge in [-0.3, -0.25) is 9.59 Å². The van der Waals surface area contributed by atoms with Crippen LogP contribution in [0.5, 0.6) is 5.75 Å². The zero-order valence-corrected chi connectivity index (χ0v) is 15.4. The molecule has 0 saturated heterocycles. The number of carbonyl (C=O) groups is 2.